The number of hydrogen-bond acceptors (Lipinski definition) is 4. The third-order valence-electron chi connectivity index (χ3n) is 3.75. The first-order chi connectivity index (χ1) is 12.2. The molecule has 0 saturated carbocycles. The first kappa shape index (κ1) is 18.8. The second-order valence-electron chi connectivity index (χ2n) is 5.92. The van der Waals surface area contributed by atoms with Crippen molar-refractivity contribution in [1.82, 2.24) is 9.55 Å². The topological polar surface area (TPSA) is 69.0 Å². The number of nitrogens with zero attached hydrogens (tertiary/aromatic N) is 2. The molecule has 0 saturated heterocycles. The summed E-state index contributed by atoms with van der Waals surface area (Å²) in [4.78, 5) is 4.86. The largest absolute Gasteiger partial charge is 0.299 e. The van der Waals surface area contributed by atoms with Crippen molar-refractivity contribution in [3.05, 3.63) is 65.4 Å². The number of sulfone groups is 1. The standard InChI is InChI=1S/C18H17ClN2O3S2/c1-25(22)12-15-11-21(16-7-9-17(10-8-16)26(2,23)24)18(20-15)13-3-5-14(19)6-4-13/h3-11H,12H2,1-2H3. The van der Waals surface area contributed by atoms with Gasteiger partial charge in [-0.3, -0.25) is 8.78 Å². The lowest BCUT2D eigenvalue weighted by Gasteiger charge is -2.09. The minimum atomic E-state index is -3.26. The normalized spacial score (nSPS) is 12.9. The monoisotopic (exact) mass is 408 g/mol. The van der Waals surface area contributed by atoms with Crippen molar-refractivity contribution < 1.29 is 12.6 Å². The predicted molar refractivity (Wildman–Crippen MR) is 105 cm³/mol. The molecule has 0 aliphatic heterocycles. The molecule has 0 aliphatic rings. The van der Waals surface area contributed by atoms with Gasteiger partial charge in [-0.2, -0.15) is 0 Å². The molecule has 1 atom stereocenters. The molecular formula is C18H17ClN2O3S2. The second-order valence-corrected chi connectivity index (χ2v) is 9.80. The van der Waals surface area contributed by atoms with Crippen LogP contribution in [0.3, 0.4) is 0 Å². The number of rotatable bonds is 5. The first-order valence-electron chi connectivity index (χ1n) is 7.69. The maximum Gasteiger partial charge on any atom is 0.175 e. The van der Waals surface area contributed by atoms with Crippen LogP contribution in [0.15, 0.2) is 59.6 Å². The molecule has 0 amide bonds. The van der Waals surface area contributed by atoms with E-state index in [0.717, 1.165) is 11.3 Å². The second kappa shape index (κ2) is 7.34. The molecule has 0 aliphatic carbocycles. The zero-order chi connectivity index (χ0) is 18.9. The van der Waals surface area contributed by atoms with Crippen LogP contribution in [0.4, 0.5) is 0 Å². The van der Waals surface area contributed by atoms with Crippen LogP contribution in [0.1, 0.15) is 5.69 Å². The Morgan fingerprint density at radius 1 is 1.08 bits per heavy atom. The summed E-state index contributed by atoms with van der Waals surface area (Å²) in [5.41, 5.74) is 2.32. The van der Waals surface area contributed by atoms with Gasteiger partial charge in [0.05, 0.1) is 16.3 Å². The lowest BCUT2D eigenvalue weighted by molar-refractivity contribution is 0.602. The average molecular weight is 409 g/mol. The Morgan fingerprint density at radius 3 is 2.23 bits per heavy atom. The molecule has 2 aromatic carbocycles. The predicted octanol–water partition coefficient (Wildman–Crippen LogP) is 3.47. The van der Waals surface area contributed by atoms with Crippen LogP contribution >= 0.6 is 11.6 Å². The van der Waals surface area contributed by atoms with Crippen molar-refractivity contribution >= 4 is 32.2 Å². The van der Waals surface area contributed by atoms with Gasteiger partial charge >= 0.3 is 0 Å². The van der Waals surface area contributed by atoms with Gasteiger partial charge in [0.15, 0.2) is 9.84 Å². The quantitative estimate of drug-likeness (QED) is 0.648. The zero-order valence-corrected chi connectivity index (χ0v) is 16.6. The molecule has 5 nitrogen and oxygen atoms in total. The highest BCUT2D eigenvalue weighted by Gasteiger charge is 2.14. The molecule has 0 spiro atoms. The molecule has 1 unspecified atom stereocenters. The SMILES string of the molecule is CS(=O)Cc1cn(-c2ccc(S(C)(=O)=O)cc2)c(-c2ccc(Cl)cc2)n1. The van der Waals surface area contributed by atoms with Crippen LogP contribution in [-0.2, 0) is 26.4 Å². The van der Waals surface area contributed by atoms with Gasteiger partial charge in [-0.05, 0) is 48.5 Å². The number of hydrogen-bond donors (Lipinski definition) is 0. The van der Waals surface area contributed by atoms with E-state index in [0.29, 0.717) is 22.3 Å². The van der Waals surface area contributed by atoms with Gasteiger partial charge in [0, 0.05) is 45.8 Å². The summed E-state index contributed by atoms with van der Waals surface area (Å²) >= 11 is 5.97. The third-order valence-corrected chi connectivity index (χ3v) is 5.84. The van der Waals surface area contributed by atoms with Gasteiger partial charge in [-0.25, -0.2) is 13.4 Å². The van der Waals surface area contributed by atoms with E-state index >= 15 is 0 Å². The van der Waals surface area contributed by atoms with Crippen molar-refractivity contribution in [2.45, 2.75) is 10.6 Å². The maximum absolute atomic E-state index is 11.7. The van der Waals surface area contributed by atoms with Crippen molar-refractivity contribution in [3.63, 3.8) is 0 Å². The van der Waals surface area contributed by atoms with Crippen LogP contribution in [0, 0.1) is 0 Å². The number of aromatic nitrogens is 2. The van der Waals surface area contributed by atoms with Crippen molar-refractivity contribution in [2.24, 2.45) is 0 Å². The summed E-state index contributed by atoms with van der Waals surface area (Å²) < 4.78 is 36.8. The third kappa shape index (κ3) is 4.23. The van der Waals surface area contributed by atoms with E-state index in [-0.39, 0.29) is 4.90 Å². The molecule has 1 aromatic heterocycles. The van der Waals surface area contributed by atoms with Gasteiger partial charge in [-0.15, -0.1) is 0 Å². The number of benzene rings is 2. The van der Waals surface area contributed by atoms with E-state index < -0.39 is 20.6 Å². The molecule has 0 radical (unpaired) electrons. The molecule has 0 fully saturated rings. The van der Waals surface area contributed by atoms with Crippen LogP contribution < -0.4 is 0 Å². The van der Waals surface area contributed by atoms with Gasteiger partial charge in [-0.1, -0.05) is 11.6 Å². The van der Waals surface area contributed by atoms with Crippen LogP contribution in [0.2, 0.25) is 5.02 Å². The van der Waals surface area contributed by atoms with Crippen molar-refractivity contribution in [2.75, 3.05) is 12.5 Å². The number of imidazole rings is 1. The Hall–Kier alpha value is -1.96. The highest BCUT2D eigenvalue weighted by Crippen LogP contribution is 2.25. The molecule has 0 N–H and O–H groups in total. The van der Waals surface area contributed by atoms with Gasteiger partial charge in [0.1, 0.15) is 5.82 Å². The van der Waals surface area contributed by atoms with E-state index in [2.05, 4.69) is 4.98 Å². The summed E-state index contributed by atoms with van der Waals surface area (Å²) in [6.45, 7) is 0. The Kier molecular flexibility index (Phi) is 5.32. The minimum Gasteiger partial charge on any atom is -0.299 e. The Labute approximate surface area is 160 Å². The lowest BCUT2D eigenvalue weighted by atomic mass is 10.2. The fourth-order valence-corrected chi connectivity index (χ4v) is 3.87. The maximum atomic E-state index is 11.7. The Bertz CT molecular complexity index is 1060. The Balaban J connectivity index is 2.11. The summed E-state index contributed by atoms with van der Waals surface area (Å²) in [5.74, 6) is 1.02. The van der Waals surface area contributed by atoms with E-state index in [9.17, 15) is 12.6 Å². The highest BCUT2D eigenvalue weighted by atomic mass is 35.5. The molecule has 26 heavy (non-hydrogen) atoms. The van der Waals surface area contributed by atoms with E-state index in [1.54, 1.807) is 42.7 Å². The van der Waals surface area contributed by atoms with E-state index in [1.807, 2.05) is 22.9 Å². The highest BCUT2D eigenvalue weighted by molar-refractivity contribution is 7.90. The molecule has 1 heterocycles. The van der Waals surface area contributed by atoms with Crippen LogP contribution in [-0.4, -0.2) is 34.7 Å². The van der Waals surface area contributed by atoms with Gasteiger partial charge in [0.2, 0.25) is 0 Å². The fraction of sp³-hybridized carbons (Fsp3) is 0.167. The van der Waals surface area contributed by atoms with Crippen LogP contribution in [0.25, 0.3) is 17.1 Å². The molecule has 3 rings (SSSR count). The van der Waals surface area contributed by atoms with E-state index in [1.165, 1.54) is 6.26 Å². The summed E-state index contributed by atoms with van der Waals surface area (Å²) in [5, 5.41) is 0.624. The summed E-state index contributed by atoms with van der Waals surface area (Å²) in [6, 6.07) is 13.9. The summed E-state index contributed by atoms with van der Waals surface area (Å²) in [7, 11) is -4.28. The summed E-state index contributed by atoms with van der Waals surface area (Å²) in [6.07, 6.45) is 4.62. The zero-order valence-electron chi connectivity index (χ0n) is 14.2. The molecule has 8 heteroatoms. The Morgan fingerprint density at radius 2 is 1.69 bits per heavy atom. The van der Waals surface area contributed by atoms with Crippen molar-refractivity contribution in [3.8, 4) is 17.1 Å². The van der Waals surface area contributed by atoms with Crippen molar-refractivity contribution in [1.29, 1.82) is 0 Å². The molecule has 0 bridgehead atoms. The number of halogens is 1. The van der Waals surface area contributed by atoms with Crippen LogP contribution in [0.5, 0.6) is 0 Å². The molecular weight excluding hydrogens is 392 g/mol. The fourth-order valence-electron chi connectivity index (χ4n) is 2.56. The first-order valence-corrected chi connectivity index (χ1v) is 11.7. The molecule has 136 valence electrons. The van der Waals surface area contributed by atoms with Gasteiger partial charge < -0.3 is 0 Å². The minimum absolute atomic E-state index is 0.254. The van der Waals surface area contributed by atoms with Gasteiger partial charge in [0.25, 0.3) is 0 Å². The van der Waals surface area contributed by atoms with E-state index in [4.69, 9.17) is 11.6 Å². The smallest absolute Gasteiger partial charge is 0.175 e. The lowest BCUT2D eigenvalue weighted by Crippen LogP contribution is -1.99. The average Bonchev–Trinajstić information content (AvgIpc) is 2.98. The molecule has 3 aromatic rings.